The van der Waals surface area contributed by atoms with Gasteiger partial charge in [-0.25, -0.2) is 4.84 Å². The van der Waals surface area contributed by atoms with Crippen LogP contribution in [0.1, 0.15) is 13.8 Å². The standard InChI is InChI=1S/C6H14ClNS/c1-6(2)5-9-4-3-8-7/h6,8H,3-5H2,1-2H3. The summed E-state index contributed by atoms with van der Waals surface area (Å²) in [5.74, 6) is 3.14. The highest BCUT2D eigenvalue weighted by Crippen LogP contribution is 2.05. The molecule has 0 radical (unpaired) electrons. The predicted molar refractivity (Wildman–Crippen MR) is 46.0 cm³/mol. The van der Waals surface area contributed by atoms with Crippen molar-refractivity contribution in [3.63, 3.8) is 0 Å². The van der Waals surface area contributed by atoms with E-state index in [2.05, 4.69) is 18.7 Å². The summed E-state index contributed by atoms with van der Waals surface area (Å²) < 4.78 is 0. The number of hydrogen-bond acceptors (Lipinski definition) is 2. The van der Waals surface area contributed by atoms with Crippen LogP contribution in [-0.4, -0.2) is 18.1 Å². The van der Waals surface area contributed by atoms with Crippen LogP contribution in [0, 0.1) is 5.92 Å². The zero-order valence-electron chi connectivity index (χ0n) is 5.98. The van der Waals surface area contributed by atoms with Gasteiger partial charge in [-0.3, -0.25) is 0 Å². The third kappa shape index (κ3) is 8.60. The Kier molecular flexibility index (Phi) is 7.16. The Morgan fingerprint density at radius 3 is 2.67 bits per heavy atom. The van der Waals surface area contributed by atoms with Gasteiger partial charge in [-0.05, 0) is 23.4 Å². The van der Waals surface area contributed by atoms with Gasteiger partial charge in [-0.1, -0.05) is 13.8 Å². The van der Waals surface area contributed by atoms with Crippen LogP contribution < -0.4 is 4.84 Å². The second-order valence-corrected chi connectivity index (χ2v) is 3.77. The zero-order valence-corrected chi connectivity index (χ0v) is 7.56. The third-order valence-corrected chi connectivity index (χ3v) is 2.38. The van der Waals surface area contributed by atoms with Gasteiger partial charge < -0.3 is 0 Å². The van der Waals surface area contributed by atoms with Gasteiger partial charge in [0.05, 0.1) is 0 Å². The number of hydrogen-bond donors (Lipinski definition) is 1. The summed E-state index contributed by atoms with van der Waals surface area (Å²) in [6.45, 7) is 5.35. The summed E-state index contributed by atoms with van der Waals surface area (Å²) in [7, 11) is 0. The molecule has 0 aromatic heterocycles. The highest BCUT2D eigenvalue weighted by Gasteiger charge is 1.92. The lowest BCUT2D eigenvalue weighted by Gasteiger charge is -2.01. The number of halogens is 1. The Morgan fingerprint density at radius 1 is 1.56 bits per heavy atom. The van der Waals surface area contributed by atoms with Crippen molar-refractivity contribution in [2.45, 2.75) is 13.8 Å². The van der Waals surface area contributed by atoms with Crippen LogP contribution in [-0.2, 0) is 0 Å². The molecule has 0 aliphatic heterocycles. The van der Waals surface area contributed by atoms with Crippen LogP contribution in [0.2, 0.25) is 0 Å². The Balaban J connectivity index is 2.75. The molecule has 0 atom stereocenters. The fourth-order valence-electron chi connectivity index (χ4n) is 0.430. The topological polar surface area (TPSA) is 12.0 Å². The first-order valence-electron chi connectivity index (χ1n) is 3.18. The van der Waals surface area contributed by atoms with Crippen molar-refractivity contribution in [2.75, 3.05) is 18.1 Å². The first-order chi connectivity index (χ1) is 4.27. The average Bonchev–Trinajstić information content (AvgIpc) is 1.80. The number of thioether (sulfide) groups is 1. The average molecular weight is 168 g/mol. The van der Waals surface area contributed by atoms with E-state index in [0.717, 1.165) is 18.2 Å². The van der Waals surface area contributed by atoms with Crippen molar-refractivity contribution in [3.05, 3.63) is 0 Å². The molecule has 3 heteroatoms. The maximum Gasteiger partial charge on any atom is 0.0199 e. The number of rotatable bonds is 5. The molecule has 0 aromatic rings. The number of nitrogens with one attached hydrogen (secondary N) is 1. The quantitative estimate of drug-likeness (QED) is 0.498. The van der Waals surface area contributed by atoms with Crippen LogP contribution in [0.4, 0.5) is 0 Å². The highest BCUT2D eigenvalue weighted by atomic mass is 35.5. The summed E-state index contributed by atoms with van der Waals surface area (Å²) in [6, 6.07) is 0. The van der Waals surface area contributed by atoms with E-state index in [1.165, 1.54) is 5.75 Å². The minimum Gasteiger partial charge on any atom is -0.233 e. The first kappa shape index (κ1) is 9.60. The Morgan fingerprint density at radius 2 is 2.22 bits per heavy atom. The summed E-state index contributed by atoms with van der Waals surface area (Å²) in [5, 5.41) is 0. The van der Waals surface area contributed by atoms with Gasteiger partial charge in [0.15, 0.2) is 0 Å². The van der Waals surface area contributed by atoms with Gasteiger partial charge in [-0.15, -0.1) is 0 Å². The van der Waals surface area contributed by atoms with Gasteiger partial charge in [-0.2, -0.15) is 11.8 Å². The molecule has 0 rings (SSSR count). The molecule has 0 aliphatic carbocycles. The first-order valence-corrected chi connectivity index (χ1v) is 4.72. The largest absolute Gasteiger partial charge is 0.233 e. The van der Waals surface area contributed by atoms with E-state index >= 15 is 0 Å². The van der Waals surface area contributed by atoms with Crippen molar-refractivity contribution in [3.8, 4) is 0 Å². The molecule has 0 unspecified atom stereocenters. The molecule has 0 amide bonds. The predicted octanol–water partition coefficient (Wildman–Crippen LogP) is 2.12. The smallest absolute Gasteiger partial charge is 0.0199 e. The fraction of sp³-hybridized carbons (Fsp3) is 1.00. The molecule has 56 valence electrons. The van der Waals surface area contributed by atoms with E-state index in [1.54, 1.807) is 0 Å². The monoisotopic (exact) mass is 167 g/mol. The zero-order chi connectivity index (χ0) is 7.11. The molecule has 0 aliphatic rings. The molecule has 0 bridgehead atoms. The minimum absolute atomic E-state index is 0.797. The van der Waals surface area contributed by atoms with E-state index in [9.17, 15) is 0 Å². The lowest BCUT2D eigenvalue weighted by Crippen LogP contribution is -2.04. The SMILES string of the molecule is CC(C)CSCCNCl. The summed E-state index contributed by atoms with van der Waals surface area (Å²) >= 11 is 7.19. The third-order valence-electron chi connectivity index (χ3n) is 0.792. The molecule has 0 saturated carbocycles. The van der Waals surface area contributed by atoms with E-state index in [4.69, 9.17) is 11.8 Å². The molecule has 0 heterocycles. The van der Waals surface area contributed by atoms with Crippen molar-refractivity contribution in [2.24, 2.45) is 5.92 Å². The molecule has 0 spiro atoms. The summed E-state index contributed by atoms with van der Waals surface area (Å²) in [6.07, 6.45) is 0. The maximum atomic E-state index is 5.25. The van der Waals surface area contributed by atoms with Crippen molar-refractivity contribution < 1.29 is 0 Å². The Labute approximate surface area is 66.7 Å². The van der Waals surface area contributed by atoms with Crippen LogP contribution in [0.3, 0.4) is 0 Å². The Bertz CT molecular complexity index is 59.0. The molecule has 0 aromatic carbocycles. The van der Waals surface area contributed by atoms with Crippen LogP contribution in [0.15, 0.2) is 0 Å². The van der Waals surface area contributed by atoms with Gasteiger partial charge in [0.1, 0.15) is 0 Å². The second kappa shape index (κ2) is 6.72. The molecular formula is C6H14ClNS. The van der Waals surface area contributed by atoms with E-state index in [1.807, 2.05) is 11.8 Å². The molecule has 9 heavy (non-hydrogen) atoms. The lowest BCUT2D eigenvalue weighted by atomic mass is 10.3. The lowest BCUT2D eigenvalue weighted by molar-refractivity contribution is 0.750. The van der Waals surface area contributed by atoms with Gasteiger partial charge in [0.25, 0.3) is 0 Å². The van der Waals surface area contributed by atoms with E-state index in [0.29, 0.717) is 0 Å². The van der Waals surface area contributed by atoms with E-state index < -0.39 is 0 Å². The molecule has 0 saturated heterocycles. The Hall–Kier alpha value is 0.600. The second-order valence-electron chi connectivity index (χ2n) is 2.35. The van der Waals surface area contributed by atoms with Crippen molar-refractivity contribution >= 4 is 23.5 Å². The minimum atomic E-state index is 0.797. The van der Waals surface area contributed by atoms with Gasteiger partial charge in [0, 0.05) is 12.3 Å². The van der Waals surface area contributed by atoms with Crippen LogP contribution in [0.5, 0.6) is 0 Å². The van der Waals surface area contributed by atoms with Crippen molar-refractivity contribution in [1.29, 1.82) is 0 Å². The summed E-state index contributed by atoms with van der Waals surface area (Å²) in [5.41, 5.74) is 0. The van der Waals surface area contributed by atoms with Crippen LogP contribution >= 0.6 is 23.5 Å². The summed E-state index contributed by atoms with van der Waals surface area (Å²) in [4.78, 5) is 2.59. The molecule has 1 nitrogen and oxygen atoms in total. The highest BCUT2D eigenvalue weighted by molar-refractivity contribution is 7.99. The van der Waals surface area contributed by atoms with Crippen molar-refractivity contribution in [1.82, 2.24) is 4.84 Å². The van der Waals surface area contributed by atoms with E-state index in [-0.39, 0.29) is 0 Å². The fourth-order valence-corrected chi connectivity index (χ4v) is 1.52. The normalized spacial score (nSPS) is 10.7. The molecule has 0 fully saturated rings. The van der Waals surface area contributed by atoms with Gasteiger partial charge in [0.2, 0.25) is 0 Å². The van der Waals surface area contributed by atoms with Crippen LogP contribution in [0.25, 0.3) is 0 Å². The molecular weight excluding hydrogens is 154 g/mol. The van der Waals surface area contributed by atoms with Gasteiger partial charge >= 0.3 is 0 Å². The molecule has 1 N–H and O–H groups in total. The maximum absolute atomic E-state index is 5.25.